The van der Waals surface area contributed by atoms with Gasteiger partial charge in [0.05, 0.1) is 19.8 Å². The summed E-state index contributed by atoms with van der Waals surface area (Å²) in [5, 5.41) is 1.30. The molecule has 4 aromatic carbocycles. The second kappa shape index (κ2) is 9.59. The SMILES string of the molecule is COc1ccc(C(=O)N(N)C(c2ccccc2)(c2ccccc2)c2ccccc2)c(OC)c1. The average Bonchev–Trinajstić information content (AvgIpc) is 2.90. The van der Waals surface area contributed by atoms with Gasteiger partial charge in [0, 0.05) is 6.07 Å². The number of ether oxygens (including phenoxy) is 2. The first-order valence-corrected chi connectivity index (χ1v) is 10.6. The van der Waals surface area contributed by atoms with Crippen molar-refractivity contribution in [2.24, 2.45) is 5.84 Å². The molecule has 0 saturated carbocycles. The van der Waals surface area contributed by atoms with Crippen LogP contribution in [-0.4, -0.2) is 25.1 Å². The fourth-order valence-electron chi connectivity index (χ4n) is 4.21. The quantitative estimate of drug-likeness (QED) is 0.191. The van der Waals surface area contributed by atoms with Crippen LogP contribution in [0.4, 0.5) is 0 Å². The van der Waals surface area contributed by atoms with Crippen LogP contribution >= 0.6 is 0 Å². The minimum absolute atomic E-state index is 0.341. The smallest absolute Gasteiger partial charge is 0.273 e. The molecule has 1 amide bonds. The molecule has 166 valence electrons. The Labute approximate surface area is 194 Å². The van der Waals surface area contributed by atoms with Gasteiger partial charge in [-0.3, -0.25) is 9.80 Å². The van der Waals surface area contributed by atoms with E-state index in [1.165, 1.54) is 12.1 Å². The highest BCUT2D eigenvalue weighted by Crippen LogP contribution is 2.42. The molecule has 0 atom stereocenters. The van der Waals surface area contributed by atoms with Crippen molar-refractivity contribution in [3.05, 3.63) is 131 Å². The van der Waals surface area contributed by atoms with Gasteiger partial charge in [-0.05, 0) is 28.8 Å². The largest absolute Gasteiger partial charge is 0.497 e. The van der Waals surface area contributed by atoms with Crippen LogP contribution < -0.4 is 15.3 Å². The lowest BCUT2D eigenvalue weighted by molar-refractivity contribution is 0.0609. The minimum Gasteiger partial charge on any atom is -0.497 e. The molecule has 5 nitrogen and oxygen atoms in total. The van der Waals surface area contributed by atoms with E-state index in [9.17, 15) is 4.79 Å². The Morgan fingerprint density at radius 3 is 1.55 bits per heavy atom. The Kier molecular flexibility index (Phi) is 6.43. The van der Waals surface area contributed by atoms with Gasteiger partial charge in [0.25, 0.3) is 5.91 Å². The van der Waals surface area contributed by atoms with E-state index in [-0.39, 0.29) is 5.91 Å². The summed E-state index contributed by atoms with van der Waals surface area (Å²) in [6.45, 7) is 0. The molecule has 0 spiro atoms. The lowest BCUT2D eigenvalue weighted by Gasteiger charge is -2.43. The van der Waals surface area contributed by atoms with Gasteiger partial charge in [0.2, 0.25) is 0 Å². The molecule has 0 radical (unpaired) electrons. The van der Waals surface area contributed by atoms with Crippen LogP contribution in [0.2, 0.25) is 0 Å². The summed E-state index contributed by atoms with van der Waals surface area (Å²) in [5.41, 5.74) is 1.86. The lowest BCUT2D eigenvalue weighted by atomic mass is 9.76. The topological polar surface area (TPSA) is 64.8 Å². The molecule has 0 fully saturated rings. The van der Waals surface area contributed by atoms with Crippen LogP contribution in [0.25, 0.3) is 0 Å². The third-order valence-corrected chi connectivity index (χ3v) is 5.79. The van der Waals surface area contributed by atoms with Crippen molar-refractivity contribution in [2.75, 3.05) is 14.2 Å². The fourth-order valence-corrected chi connectivity index (χ4v) is 4.21. The van der Waals surface area contributed by atoms with Crippen LogP contribution in [0.5, 0.6) is 11.5 Å². The summed E-state index contributed by atoms with van der Waals surface area (Å²) in [4.78, 5) is 14.0. The molecule has 4 rings (SSSR count). The third kappa shape index (κ3) is 3.95. The summed E-state index contributed by atoms with van der Waals surface area (Å²) in [6, 6.07) is 34.5. The van der Waals surface area contributed by atoms with Crippen LogP contribution in [0.1, 0.15) is 27.0 Å². The monoisotopic (exact) mass is 438 g/mol. The van der Waals surface area contributed by atoms with E-state index >= 15 is 0 Å². The molecule has 0 aromatic heterocycles. The normalized spacial score (nSPS) is 11.0. The van der Waals surface area contributed by atoms with E-state index in [4.69, 9.17) is 15.3 Å². The molecule has 0 bridgehead atoms. The van der Waals surface area contributed by atoms with Crippen molar-refractivity contribution in [3.63, 3.8) is 0 Å². The maximum absolute atomic E-state index is 14.0. The third-order valence-electron chi connectivity index (χ3n) is 5.79. The number of nitrogens with two attached hydrogens (primary N) is 1. The van der Waals surface area contributed by atoms with Crippen molar-refractivity contribution in [1.29, 1.82) is 0 Å². The Morgan fingerprint density at radius 1 is 0.697 bits per heavy atom. The zero-order valence-corrected chi connectivity index (χ0v) is 18.6. The summed E-state index contributed by atoms with van der Waals surface area (Å²) in [6.07, 6.45) is 0. The van der Waals surface area contributed by atoms with Crippen molar-refractivity contribution in [3.8, 4) is 11.5 Å². The number of carbonyl (C=O) groups is 1. The van der Waals surface area contributed by atoms with Gasteiger partial charge < -0.3 is 9.47 Å². The predicted molar refractivity (Wildman–Crippen MR) is 129 cm³/mol. The first kappa shape index (κ1) is 22.1. The van der Waals surface area contributed by atoms with Gasteiger partial charge in [0.15, 0.2) is 0 Å². The average molecular weight is 439 g/mol. The van der Waals surface area contributed by atoms with Gasteiger partial charge in [-0.25, -0.2) is 5.84 Å². The summed E-state index contributed by atoms with van der Waals surface area (Å²) < 4.78 is 10.8. The molecular formula is C28H26N2O3. The molecule has 0 aliphatic heterocycles. The second-order valence-corrected chi connectivity index (χ2v) is 7.55. The number of rotatable bonds is 7. The zero-order valence-electron chi connectivity index (χ0n) is 18.6. The highest BCUT2D eigenvalue weighted by molar-refractivity contribution is 5.98. The van der Waals surface area contributed by atoms with E-state index < -0.39 is 5.54 Å². The van der Waals surface area contributed by atoms with E-state index in [0.29, 0.717) is 17.1 Å². The Balaban J connectivity index is 1.98. The van der Waals surface area contributed by atoms with Gasteiger partial charge in [0.1, 0.15) is 17.0 Å². The first-order chi connectivity index (χ1) is 16.1. The first-order valence-electron chi connectivity index (χ1n) is 10.6. The van der Waals surface area contributed by atoms with E-state index in [0.717, 1.165) is 16.7 Å². The van der Waals surface area contributed by atoms with Crippen molar-refractivity contribution in [2.45, 2.75) is 5.54 Å². The van der Waals surface area contributed by atoms with Gasteiger partial charge >= 0.3 is 0 Å². The Hall–Kier alpha value is -4.09. The Morgan fingerprint density at radius 2 is 1.15 bits per heavy atom. The maximum Gasteiger partial charge on any atom is 0.273 e. The predicted octanol–water partition coefficient (Wildman–Crippen LogP) is 5.01. The minimum atomic E-state index is -1.08. The van der Waals surface area contributed by atoms with Gasteiger partial charge in [-0.1, -0.05) is 91.0 Å². The summed E-state index contributed by atoms with van der Waals surface area (Å²) in [5.74, 6) is 7.41. The van der Waals surface area contributed by atoms with Gasteiger partial charge in [-0.15, -0.1) is 0 Å². The number of methoxy groups -OCH3 is 2. The van der Waals surface area contributed by atoms with Crippen LogP contribution in [0.3, 0.4) is 0 Å². The zero-order chi connectivity index (χ0) is 23.3. The number of hydrazine groups is 1. The van der Waals surface area contributed by atoms with E-state index in [2.05, 4.69) is 0 Å². The number of hydrogen-bond donors (Lipinski definition) is 1. The van der Waals surface area contributed by atoms with Gasteiger partial charge in [-0.2, -0.15) is 0 Å². The molecule has 0 saturated heterocycles. The number of nitrogens with zero attached hydrogens (tertiary/aromatic N) is 1. The summed E-state index contributed by atoms with van der Waals surface area (Å²) in [7, 11) is 3.09. The molecule has 33 heavy (non-hydrogen) atoms. The van der Waals surface area contributed by atoms with Crippen LogP contribution in [-0.2, 0) is 5.54 Å². The van der Waals surface area contributed by atoms with E-state index in [1.54, 1.807) is 25.3 Å². The highest BCUT2D eigenvalue weighted by atomic mass is 16.5. The molecule has 2 N–H and O–H groups in total. The van der Waals surface area contributed by atoms with Crippen LogP contribution in [0, 0.1) is 0 Å². The molecule has 0 heterocycles. The standard InChI is InChI=1S/C28H26N2O3/c1-32-24-18-19-25(26(20-24)33-2)27(31)30(29)28(21-12-6-3-7-13-21,22-14-8-4-9-15-22)23-16-10-5-11-17-23/h3-20H,29H2,1-2H3. The highest BCUT2D eigenvalue weighted by Gasteiger charge is 2.44. The molecule has 0 aliphatic carbocycles. The lowest BCUT2D eigenvalue weighted by Crippen LogP contribution is -2.55. The van der Waals surface area contributed by atoms with Crippen LogP contribution in [0.15, 0.2) is 109 Å². The number of amides is 1. The van der Waals surface area contributed by atoms with E-state index in [1.807, 2.05) is 91.0 Å². The fraction of sp³-hybridized carbons (Fsp3) is 0.107. The summed E-state index contributed by atoms with van der Waals surface area (Å²) >= 11 is 0. The molecule has 4 aromatic rings. The molecule has 5 heteroatoms. The maximum atomic E-state index is 14.0. The van der Waals surface area contributed by atoms with Crippen molar-refractivity contribution < 1.29 is 14.3 Å². The number of carbonyl (C=O) groups excluding carboxylic acids is 1. The number of hydrogen-bond acceptors (Lipinski definition) is 4. The van der Waals surface area contributed by atoms with Crippen molar-refractivity contribution in [1.82, 2.24) is 5.01 Å². The molecule has 0 aliphatic rings. The second-order valence-electron chi connectivity index (χ2n) is 7.55. The molecular weight excluding hydrogens is 412 g/mol. The Bertz CT molecular complexity index is 1120. The number of benzene rings is 4. The molecule has 0 unspecified atom stereocenters. The van der Waals surface area contributed by atoms with Crippen molar-refractivity contribution >= 4 is 5.91 Å².